The number of ether oxygens (including phenoxy) is 1. The Balaban J connectivity index is 1.58. The van der Waals surface area contributed by atoms with Crippen LogP contribution >= 0.6 is 11.6 Å². The van der Waals surface area contributed by atoms with Gasteiger partial charge in [-0.2, -0.15) is 0 Å². The first kappa shape index (κ1) is 16.2. The maximum absolute atomic E-state index is 13.2. The van der Waals surface area contributed by atoms with Gasteiger partial charge in [0.2, 0.25) is 0 Å². The second kappa shape index (κ2) is 6.44. The Morgan fingerprint density at radius 2 is 2.14 bits per heavy atom. The second-order valence-electron chi connectivity index (χ2n) is 6.45. The summed E-state index contributed by atoms with van der Waals surface area (Å²) in [4.78, 5) is 2.34. The van der Waals surface area contributed by atoms with Crippen molar-refractivity contribution >= 4 is 11.6 Å². The molecule has 22 heavy (non-hydrogen) atoms. The minimum atomic E-state index is -0.375. The van der Waals surface area contributed by atoms with Crippen LogP contribution in [-0.2, 0) is 11.3 Å². The van der Waals surface area contributed by atoms with Gasteiger partial charge in [0.1, 0.15) is 5.82 Å². The number of likely N-dealkylation sites (tertiary alicyclic amines) is 1. The van der Waals surface area contributed by atoms with E-state index in [2.05, 4.69) is 4.90 Å². The molecule has 1 saturated carbocycles. The molecule has 2 aliphatic rings. The molecule has 1 heterocycles. The predicted octanol–water partition coefficient (Wildman–Crippen LogP) is 3.23. The molecule has 1 N–H and O–H groups in total. The molecule has 0 radical (unpaired) electrons. The Kier molecular flexibility index (Phi) is 4.74. The number of benzene rings is 1. The molecular formula is C17H23ClFNO2. The third-order valence-corrected chi connectivity index (χ3v) is 5.58. The third-order valence-electron chi connectivity index (χ3n) is 5.29. The van der Waals surface area contributed by atoms with Gasteiger partial charge in [0.25, 0.3) is 0 Å². The van der Waals surface area contributed by atoms with Crippen molar-refractivity contribution in [3.63, 3.8) is 0 Å². The Bertz CT molecular complexity index is 529. The summed E-state index contributed by atoms with van der Waals surface area (Å²) < 4.78 is 19.0. The summed E-state index contributed by atoms with van der Waals surface area (Å²) in [6.07, 6.45) is 2.64. The van der Waals surface area contributed by atoms with Crippen molar-refractivity contribution in [2.75, 3.05) is 19.7 Å². The van der Waals surface area contributed by atoms with Gasteiger partial charge in [0, 0.05) is 25.0 Å². The van der Waals surface area contributed by atoms with Crippen molar-refractivity contribution in [1.82, 2.24) is 4.90 Å². The first-order chi connectivity index (χ1) is 10.5. The standard InChI is InChI=1S/C17H23ClFNO2/c1-2-22-16-10-15(21)17(16)5-7-20(8-6-17)11-12-3-4-14(19)13(18)9-12/h3-4,9,15-16,21H,2,5-8,10-11H2,1H3. The summed E-state index contributed by atoms with van der Waals surface area (Å²) in [5.41, 5.74) is 0.977. The van der Waals surface area contributed by atoms with Gasteiger partial charge in [0.15, 0.2) is 0 Å². The number of aliphatic hydroxyl groups is 1. The van der Waals surface area contributed by atoms with Crippen molar-refractivity contribution in [2.45, 2.75) is 44.9 Å². The molecule has 1 aliphatic heterocycles. The Morgan fingerprint density at radius 1 is 1.41 bits per heavy atom. The lowest BCUT2D eigenvalue weighted by Crippen LogP contribution is -2.62. The first-order valence-corrected chi connectivity index (χ1v) is 8.39. The molecule has 5 heteroatoms. The highest BCUT2D eigenvalue weighted by Gasteiger charge is 2.55. The Morgan fingerprint density at radius 3 is 2.73 bits per heavy atom. The molecule has 0 bridgehead atoms. The fraction of sp³-hybridized carbons (Fsp3) is 0.647. The minimum Gasteiger partial charge on any atom is -0.392 e. The maximum atomic E-state index is 13.2. The molecule has 1 saturated heterocycles. The van der Waals surface area contributed by atoms with E-state index in [4.69, 9.17) is 16.3 Å². The summed E-state index contributed by atoms with van der Waals surface area (Å²) in [6.45, 7) is 5.33. The van der Waals surface area contributed by atoms with Gasteiger partial charge < -0.3 is 9.84 Å². The van der Waals surface area contributed by atoms with E-state index in [0.717, 1.165) is 44.5 Å². The van der Waals surface area contributed by atoms with Crippen molar-refractivity contribution < 1.29 is 14.2 Å². The number of hydrogen-bond donors (Lipinski definition) is 1. The number of rotatable bonds is 4. The van der Waals surface area contributed by atoms with Crippen LogP contribution in [-0.4, -0.2) is 41.9 Å². The molecule has 0 aromatic heterocycles. The van der Waals surface area contributed by atoms with Crippen LogP contribution in [0.1, 0.15) is 31.7 Å². The summed E-state index contributed by atoms with van der Waals surface area (Å²) >= 11 is 5.84. The molecule has 3 rings (SSSR count). The van der Waals surface area contributed by atoms with Gasteiger partial charge in [-0.15, -0.1) is 0 Å². The van der Waals surface area contributed by atoms with Gasteiger partial charge in [-0.25, -0.2) is 4.39 Å². The van der Waals surface area contributed by atoms with E-state index in [9.17, 15) is 9.50 Å². The first-order valence-electron chi connectivity index (χ1n) is 8.01. The fourth-order valence-corrected chi connectivity index (χ4v) is 4.04. The molecule has 122 valence electrons. The van der Waals surface area contributed by atoms with E-state index < -0.39 is 0 Å². The summed E-state index contributed by atoms with van der Waals surface area (Å²) in [5.74, 6) is -0.375. The van der Waals surface area contributed by atoms with Gasteiger partial charge in [-0.1, -0.05) is 17.7 Å². The van der Waals surface area contributed by atoms with Gasteiger partial charge in [0.05, 0.1) is 17.2 Å². The molecule has 2 atom stereocenters. The topological polar surface area (TPSA) is 32.7 Å². The van der Waals surface area contributed by atoms with Crippen molar-refractivity contribution in [1.29, 1.82) is 0 Å². The number of hydrogen-bond acceptors (Lipinski definition) is 3. The summed E-state index contributed by atoms with van der Waals surface area (Å²) in [7, 11) is 0. The van der Waals surface area contributed by atoms with Crippen molar-refractivity contribution in [3.05, 3.63) is 34.6 Å². The lowest BCUT2D eigenvalue weighted by atomic mass is 9.58. The minimum absolute atomic E-state index is 0.0487. The number of piperidine rings is 1. The van der Waals surface area contributed by atoms with E-state index in [1.807, 2.05) is 6.92 Å². The highest BCUT2D eigenvalue weighted by atomic mass is 35.5. The molecule has 1 aromatic rings. The average Bonchev–Trinajstić information content (AvgIpc) is 2.52. The molecule has 1 aliphatic carbocycles. The molecule has 1 spiro atoms. The molecular weight excluding hydrogens is 305 g/mol. The lowest BCUT2D eigenvalue weighted by Gasteiger charge is -2.56. The zero-order valence-corrected chi connectivity index (χ0v) is 13.7. The SMILES string of the molecule is CCOC1CC(O)C12CCN(Cc1ccc(F)c(Cl)c1)CC2. The third kappa shape index (κ3) is 2.90. The highest BCUT2D eigenvalue weighted by Crippen LogP contribution is 2.51. The van der Waals surface area contributed by atoms with Crippen LogP contribution in [0.25, 0.3) is 0 Å². The monoisotopic (exact) mass is 327 g/mol. The van der Waals surface area contributed by atoms with Crippen LogP contribution in [0, 0.1) is 11.2 Å². The zero-order valence-electron chi connectivity index (χ0n) is 12.9. The molecule has 0 amide bonds. The normalized spacial score (nSPS) is 27.8. The van der Waals surface area contributed by atoms with E-state index in [0.29, 0.717) is 6.61 Å². The molecule has 3 nitrogen and oxygen atoms in total. The smallest absolute Gasteiger partial charge is 0.141 e. The van der Waals surface area contributed by atoms with Gasteiger partial charge in [-0.3, -0.25) is 4.90 Å². The number of aliphatic hydroxyl groups excluding tert-OH is 1. The van der Waals surface area contributed by atoms with Crippen molar-refractivity contribution in [2.24, 2.45) is 5.41 Å². The van der Waals surface area contributed by atoms with E-state index in [1.165, 1.54) is 6.07 Å². The zero-order chi connectivity index (χ0) is 15.7. The maximum Gasteiger partial charge on any atom is 0.141 e. The van der Waals surface area contributed by atoms with Crippen LogP contribution in [0.15, 0.2) is 18.2 Å². The number of nitrogens with zero attached hydrogens (tertiary/aromatic N) is 1. The summed E-state index contributed by atoms with van der Waals surface area (Å²) in [6, 6.07) is 4.90. The van der Waals surface area contributed by atoms with Gasteiger partial charge in [-0.05, 0) is 50.6 Å². The van der Waals surface area contributed by atoms with Crippen LogP contribution in [0.4, 0.5) is 4.39 Å². The molecule has 2 fully saturated rings. The average molecular weight is 328 g/mol. The largest absolute Gasteiger partial charge is 0.392 e. The Labute approximate surface area is 136 Å². The van der Waals surface area contributed by atoms with Crippen LogP contribution < -0.4 is 0 Å². The summed E-state index contributed by atoms with van der Waals surface area (Å²) in [5, 5.41) is 10.4. The lowest BCUT2D eigenvalue weighted by molar-refractivity contribution is -0.209. The number of halogens is 2. The van der Waals surface area contributed by atoms with Crippen LogP contribution in [0.5, 0.6) is 0 Å². The van der Waals surface area contributed by atoms with Crippen LogP contribution in [0.3, 0.4) is 0 Å². The molecule has 1 aromatic carbocycles. The highest BCUT2D eigenvalue weighted by molar-refractivity contribution is 6.30. The molecule has 2 unspecified atom stereocenters. The quantitative estimate of drug-likeness (QED) is 0.921. The van der Waals surface area contributed by atoms with E-state index in [-0.39, 0.29) is 28.5 Å². The van der Waals surface area contributed by atoms with Gasteiger partial charge >= 0.3 is 0 Å². The van der Waals surface area contributed by atoms with E-state index >= 15 is 0 Å². The Hall–Kier alpha value is -0.680. The van der Waals surface area contributed by atoms with Crippen molar-refractivity contribution in [3.8, 4) is 0 Å². The second-order valence-corrected chi connectivity index (χ2v) is 6.86. The fourth-order valence-electron chi connectivity index (χ4n) is 3.84. The predicted molar refractivity (Wildman–Crippen MR) is 84.4 cm³/mol. The van der Waals surface area contributed by atoms with E-state index in [1.54, 1.807) is 12.1 Å². The van der Waals surface area contributed by atoms with Crippen LogP contribution in [0.2, 0.25) is 5.02 Å².